The summed E-state index contributed by atoms with van der Waals surface area (Å²) in [5.74, 6) is 0.923. The normalized spacial score (nSPS) is 15.7. The van der Waals surface area contributed by atoms with Crippen molar-refractivity contribution in [2.24, 2.45) is 5.41 Å². The smallest absolute Gasteiger partial charge is 0.255 e. The van der Waals surface area contributed by atoms with Gasteiger partial charge in [0.15, 0.2) is 0 Å². The minimum atomic E-state index is -0.195. The quantitative estimate of drug-likeness (QED) is 0.811. The zero-order chi connectivity index (χ0) is 13.9. The first kappa shape index (κ1) is 13.7. The lowest BCUT2D eigenvalue weighted by Gasteiger charge is -2.14. The molecule has 5 nitrogen and oxygen atoms in total. The number of hydrogen-bond acceptors (Lipinski definition) is 4. The number of hydrogen-bond donors (Lipinski definition) is 2. The molecule has 104 valence electrons. The molecule has 2 rings (SSSR count). The summed E-state index contributed by atoms with van der Waals surface area (Å²) in [6.07, 6.45) is 1.92. The third-order valence-corrected chi connectivity index (χ3v) is 3.57. The van der Waals surface area contributed by atoms with Crippen molar-refractivity contribution in [3.8, 4) is 11.5 Å². The van der Waals surface area contributed by atoms with Gasteiger partial charge in [0, 0.05) is 18.0 Å². The minimum Gasteiger partial charge on any atom is -0.497 e. The lowest BCUT2D eigenvalue weighted by atomic mass is 10.1. The predicted molar refractivity (Wildman–Crippen MR) is 70.6 cm³/mol. The minimum absolute atomic E-state index is 0.102. The standard InChI is InChI=1S/C14H19NO4/c1-18-10-3-4-11(12(7-10)19-2)13(17)15-8-14(9-16)5-6-14/h3-4,7,16H,5-6,8-9H2,1-2H3,(H,15,17). The first-order valence-electron chi connectivity index (χ1n) is 6.25. The molecule has 2 N–H and O–H groups in total. The van der Waals surface area contributed by atoms with Crippen LogP contribution in [0.3, 0.4) is 0 Å². The lowest BCUT2D eigenvalue weighted by molar-refractivity contribution is 0.0932. The molecule has 19 heavy (non-hydrogen) atoms. The molecule has 1 amide bonds. The number of benzene rings is 1. The van der Waals surface area contributed by atoms with Gasteiger partial charge in [0.2, 0.25) is 0 Å². The molecule has 1 fully saturated rings. The Morgan fingerprint density at radius 1 is 1.37 bits per heavy atom. The van der Waals surface area contributed by atoms with E-state index in [4.69, 9.17) is 9.47 Å². The van der Waals surface area contributed by atoms with Crippen LogP contribution in [-0.4, -0.2) is 38.4 Å². The van der Waals surface area contributed by atoms with Crippen LogP contribution in [0.25, 0.3) is 0 Å². The van der Waals surface area contributed by atoms with Crippen LogP contribution in [0, 0.1) is 5.41 Å². The van der Waals surface area contributed by atoms with Gasteiger partial charge >= 0.3 is 0 Å². The molecule has 0 unspecified atom stereocenters. The number of carbonyl (C=O) groups excluding carboxylic acids is 1. The van der Waals surface area contributed by atoms with Crippen LogP contribution in [0.1, 0.15) is 23.2 Å². The Labute approximate surface area is 112 Å². The molecule has 5 heteroatoms. The summed E-state index contributed by atoms with van der Waals surface area (Å²) in [7, 11) is 3.08. The summed E-state index contributed by atoms with van der Waals surface area (Å²) >= 11 is 0. The zero-order valence-corrected chi connectivity index (χ0v) is 11.2. The second-order valence-electron chi connectivity index (χ2n) is 4.91. The maximum absolute atomic E-state index is 12.1. The van der Waals surface area contributed by atoms with Crippen LogP contribution >= 0.6 is 0 Å². The largest absolute Gasteiger partial charge is 0.497 e. The van der Waals surface area contributed by atoms with Crippen LogP contribution in [-0.2, 0) is 0 Å². The molecule has 0 spiro atoms. The van der Waals surface area contributed by atoms with E-state index in [1.165, 1.54) is 7.11 Å². The van der Waals surface area contributed by atoms with Crippen molar-refractivity contribution in [3.05, 3.63) is 23.8 Å². The fourth-order valence-corrected chi connectivity index (χ4v) is 1.92. The Bertz CT molecular complexity index is 469. The average Bonchev–Trinajstić information content (AvgIpc) is 3.24. The van der Waals surface area contributed by atoms with Crippen LogP contribution < -0.4 is 14.8 Å². The van der Waals surface area contributed by atoms with Crippen molar-refractivity contribution >= 4 is 5.91 Å². The molecule has 0 atom stereocenters. The van der Waals surface area contributed by atoms with E-state index in [-0.39, 0.29) is 17.9 Å². The van der Waals surface area contributed by atoms with E-state index in [2.05, 4.69) is 5.32 Å². The second-order valence-corrected chi connectivity index (χ2v) is 4.91. The number of amides is 1. The zero-order valence-electron chi connectivity index (χ0n) is 11.2. The molecule has 0 aliphatic heterocycles. The van der Waals surface area contributed by atoms with Gasteiger partial charge in [-0.05, 0) is 25.0 Å². The first-order chi connectivity index (χ1) is 9.14. The van der Waals surface area contributed by atoms with Gasteiger partial charge in [0.25, 0.3) is 5.91 Å². The summed E-state index contributed by atoms with van der Waals surface area (Å²) in [6.45, 7) is 0.616. The molecule has 0 aromatic heterocycles. The third-order valence-electron chi connectivity index (χ3n) is 3.57. The molecule has 0 heterocycles. The van der Waals surface area contributed by atoms with Gasteiger partial charge in [-0.2, -0.15) is 0 Å². The summed E-state index contributed by atoms with van der Waals surface area (Å²) < 4.78 is 10.3. The molecule has 1 aliphatic rings. The topological polar surface area (TPSA) is 67.8 Å². The molecule has 1 saturated carbocycles. The molecule has 1 aromatic carbocycles. The second kappa shape index (κ2) is 5.48. The highest BCUT2D eigenvalue weighted by atomic mass is 16.5. The maximum Gasteiger partial charge on any atom is 0.255 e. The van der Waals surface area contributed by atoms with E-state index in [0.717, 1.165) is 12.8 Å². The van der Waals surface area contributed by atoms with Gasteiger partial charge in [-0.1, -0.05) is 0 Å². The summed E-state index contributed by atoms with van der Waals surface area (Å²) in [5.41, 5.74) is 0.368. The number of nitrogens with one attached hydrogen (secondary N) is 1. The number of aliphatic hydroxyl groups is 1. The maximum atomic E-state index is 12.1. The van der Waals surface area contributed by atoms with E-state index in [9.17, 15) is 9.90 Å². The van der Waals surface area contributed by atoms with E-state index in [1.54, 1.807) is 25.3 Å². The van der Waals surface area contributed by atoms with Crippen molar-refractivity contribution in [3.63, 3.8) is 0 Å². The van der Waals surface area contributed by atoms with E-state index in [1.807, 2.05) is 0 Å². The third kappa shape index (κ3) is 2.98. The van der Waals surface area contributed by atoms with E-state index in [0.29, 0.717) is 23.6 Å². The fourth-order valence-electron chi connectivity index (χ4n) is 1.92. The highest BCUT2D eigenvalue weighted by Crippen LogP contribution is 2.44. The van der Waals surface area contributed by atoms with Crippen molar-refractivity contribution in [2.45, 2.75) is 12.8 Å². The van der Waals surface area contributed by atoms with Crippen LogP contribution in [0.4, 0.5) is 0 Å². The predicted octanol–water partition coefficient (Wildman–Crippen LogP) is 1.21. The molecule has 1 aromatic rings. The summed E-state index contributed by atoms with van der Waals surface area (Å²) in [4.78, 5) is 12.1. The Balaban J connectivity index is 2.06. The van der Waals surface area contributed by atoms with Crippen molar-refractivity contribution in [1.29, 1.82) is 0 Å². The van der Waals surface area contributed by atoms with Gasteiger partial charge in [0.05, 0.1) is 26.4 Å². The number of ether oxygens (including phenoxy) is 2. The van der Waals surface area contributed by atoms with E-state index < -0.39 is 0 Å². The van der Waals surface area contributed by atoms with Crippen LogP contribution in [0.15, 0.2) is 18.2 Å². The Hall–Kier alpha value is -1.75. The highest BCUT2D eigenvalue weighted by Gasteiger charge is 2.42. The number of rotatable bonds is 6. The molecular weight excluding hydrogens is 246 g/mol. The van der Waals surface area contributed by atoms with Gasteiger partial charge in [0.1, 0.15) is 11.5 Å². The fraction of sp³-hybridized carbons (Fsp3) is 0.500. The highest BCUT2D eigenvalue weighted by molar-refractivity contribution is 5.97. The first-order valence-corrected chi connectivity index (χ1v) is 6.25. The van der Waals surface area contributed by atoms with Gasteiger partial charge < -0.3 is 19.9 Å². The molecular formula is C14H19NO4. The molecule has 0 saturated heterocycles. The van der Waals surface area contributed by atoms with Crippen LogP contribution in [0.5, 0.6) is 11.5 Å². The average molecular weight is 265 g/mol. The van der Waals surface area contributed by atoms with Crippen molar-refractivity contribution in [2.75, 3.05) is 27.4 Å². The Morgan fingerprint density at radius 3 is 2.63 bits per heavy atom. The van der Waals surface area contributed by atoms with Crippen molar-refractivity contribution < 1.29 is 19.4 Å². The molecule has 0 radical (unpaired) electrons. The summed E-state index contributed by atoms with van der Waals surface area (Å²) in [6, 6.07) is 5.07. The monoisotopic (exact) mass is 265 g/mol. The Morgan fingerprint density at radius 2 is 2.11 bits per heavy atom. The number of carbonyl (C=O) groups is 1. The lowest BCUT2D eigenvalue weighted by Crippen LogP contribution is -2.32. The molecule has 1 aliphatic carbocycles. The SMILES string of the molecule is COc1ccc(C(=O)NCC2(CO)CC2)c(OC)c1. The van der Waals surface area contributed by atoms with E-state index >= 15 is 0 Å². The van der Waals surface area contributed by atoms with Crippen molar-refractivity contribution in [1.82, 2.24) is 5.32 Å². The van der Waals surface area contributed by atoms with Gasteiger partial charge in [-0.3, -0.25) is 4.79 Å². The van der Waals surface area contributed by atoms with Gasteiger partial charge in [-0.25, -0.2) is 0 Å². The summed E-state index contributed by atoms with van der Waals surface area (Å²) in [5, 5.41) is 12.1. The molecule has 0 bridgehead atoms. The van der Waals surface area contributed by atoms with Gasteiger partial charge in [-0.15, -0.1) is 0 Å². The Kier molecular flexibility index (Phi) is 3.95. The van der Waals surface area contributed by atoms with Crippen LogP contribution in [0.2, 0.25) is 0 Å². The number of aliphatic hydroxyl groups excluding tert-OH is 1. The number of methoxy groups -OCH3 is 2.